The molecule has 4 rings (SSSR count). The van der Waals surface area contributed by atoms with E-state index in [2.05, 4.69) is 10.2 Å². The largest absolute Gasteiger partial charge is 0.353 e. The monoisotopic (exact) mass is 362 g/mol. The van der Waals surface area contributed by atoms with Gasteiger partial charge < -0.3 is 15.1 Å². The van der Waals surface area contributed by atoms with Gasteiger partial charge in [-0.25, -0.2) is 4.98 Å². The number of carbonyl (C=O) groups is 2. The Morgan fingerprint density at radius 3 is 2.64 bits per heavy atom. The SMILES string of the molecule is CCC(=O)N1CCN(c2nc3c(s2)C[C@H](C(=O)NC2CC2)CC3)CC1. The Balaban J connectivity index is 1.37. The van der Waals surface area contributed by atoms with E-state index in [0.29, 0.717) is 12.5 Å². The average molecular weight is 362 g/mol. The normalized spacial score (nSPS) is 23.3. The Labute approximate surface area is 152 Å². The van der Waals surface area contributed by atoms with Crippen molar-refractivity contribution in [3.05, 3.63) is 10.6 Å². The Bertz CT molecular complexity index is 662. The molecule has 0 aromatic carbocycles. The van der Waals surface area contributed by atoms with Crippen molar-refractivity contribution in [2.45, 2.75) is 51.5 Å². The molecule has 0 radical (unpaired) electrons. The number of nitrogens with zero attached hydrogens (tertiary/aromatic N) is 3. The molecule has 2 heterocycles. The van der Waals surface area contributed by atoms with Gasteiger partial charge in [-0.05, 0) is 32.1 Å². The molecule has 1 aromatic heterocycles. The molecule has 0 spiro atoms. The summed E-state index contributed by atoms with van der Waals surface area (Å²) in [5, 5.41) is 4.21. The first-order valence-corrected chi connectivity index (χ1v) is 10.3. The maximum atomic E-state index is 12.3. The number of amides is 2. The third-order valence-electron chi connectivity index (χ3n) is 5.43. The summed E-state index contributed by atoms with van der Waals surface area (Å²) < 4.78 is 0. The number of aromatic nitrogens is 1. The van der Waals surface area contributed by atoms with Crippen molar-refractivity contribution in [2.24, 2.45) is 5.92 Å². The molecule has 1 saturated carbocycles. The minimum absolute atomic E-state index is 0.112. The van der Waals surface area contributed by atoms with Gasteiger partial charge in [0, 0.05) is 49.4 Å². The van der Waals surface area contributed by atoms with Gasteiger partial charge in [0.1, 0.15) is 0 Å². The summed E-state index contributed by atoms with van der Waals surface area (Å²) >= 11 is 1.74. The van der Waals surface area contributed by atoms with E-state index in [1.54, 1.807) is 11.3 Å². The van der Waals surface area contributed by atoms with Crippen molar-refractivity contribution in [3.8, 4) is 0 Å². The van der Waals surface area contributed by atoms with Crippen LogP contribution in [0.4, 0.5) is 5.13 Å². The summed E-state index contributed by atoms with van der Waals surface area (Å²) in [6, 6.07) is 0.438. The molecule has 0 unspecified atom stereocenters. The number of fused-ring (bicyclic) bond motifs is 1. The molecular weight excluding hydrogens is 336 g/mol. The topological polar surface area (TPSA) is 65.5 Å². The summed E-state index contributed by atoms with van der Waals surface area (Å²) in [5.74, 6) is 0.581. The van der Waals surface area contributed by atoms with Crippen LogP contribution < -0.4 is 10.2 Å². The standard InChI is InChI=1S/C18H26N4O2S/c1-2-16(23)21-7-9-22(10-8-21)18-20-14-6-3-12(11-15(14)25-18)17(24)19-13-4-5-13/h12-13H,2-11H2,1H3,(H,19,24)/t12-/m1/s1. The Morgan fingerprint density at radius 1 is 1.20 bits per heavy atom. The molecule has 0 bridgehead atoms. The van der Waals surface area contributed by atoms with Crippen LogP contribution in [0.5, 0.6) is 0 Å². The predicted molar refractivity (Wildman–Crippen MR) is 97.9 cm³/mol. The number of carbonyl (C=O) groups excluding carboxylic acids is 2. The summed E-state index contributed by atoms with van der Waals surface area (Å²) in [7, 11) is 0. The Hall–Kier alpha value is -1.63. The highest BCUT2D eigenvalue weighted by Gasteiger charge is 2.32. The van der Waals surface area contributed by atoms with Gasteiger partial charge in [0.05, 0.1) is 5.69 Å². The summed E-state index contributed by atoms with van der Waals surface area (Å²) in [6.45, 7) is 5.18. The lowest BCUT2D eigenvalue weighted by molar-refractivity contribution is -0.131. The summed E-state index contributed by atoms with van der Waals surface area (Å²) in [5.41, 5.74) is 1.18. The molecule has 3 aliphatic rings. The number of thiazole rings is 1. The molecule has 136 valence electrons. The van der Waals surface area contributed by atoms with E-state index in [1.165, 1.54) is 10.6 Å². The van der Waals surface area contributed by atoms with Crippen molar-refractivity contribution in [1.29, 1.82) is 0 Å². The quantitative estimate of drug-likeness (QED) is 0.883. The Kier molecular flexibility index (Phi) is 4.67. The number of nitrogens with one attached hydrogen (secondary N) is 1. The summed E-state index contributed by atoms with van der Waals surface area (Å²) in [4.78, 5) is 34.5. The molecule has 1 aromatic rings. The lowest BCUT2D eigenvalue weighted by Gasteiger charge is -2.34. The molecule has 1 aliphatic heterocycles. The third-order valence-corrected chi connectivity index (χ3v) is 6.61. The van der Waals surface area contributed by atoms with E-state index in [1.807, 2.05) is 11.8 Å². The fraction of sp³-hybridized carbons (Fsp3) is 0.722. The highest BCUT2D eigenvalue weighted by Crippen LogP contribution is 2.35. The van der Waals surface area contributed by atoms with Crippen LogP contribution in [0.15, 0.2) is 0 Å². The number of anilines is 1. The first-order valence-electron chi connectivity index (χ1n) is 9.45. The van der Waals surface area contributed by atoms with Crippen LogP contribution in [-0.2, 0) is 22.4 Å². The van der Waals surface area contributed by atoms with Crippen molar-refractivity contribution < 1.29 is 9.59 Å². The van der Waals surface area contributed by atoms with Gasteiger partial charge in [0.2, 0.25) is 11.8 Å². The first kappa shape index (κ1) is 16.8. The molecule has 2 aliphatic carbocycles. The lowest BCUT2D eigenvalue weighted by atomic mass is 9.90. The van der Waals surface area contributed by atoms with Crippen molar-refractivity contribution in [1.82, 2.24) is 15.2 Å². The van der Waals surface area contributed by atoms with Crippen LogP contribution in [0.2, 0.25) is 0 Å². The first-order chi connectivity index (χ1) is 12.1. The number of hydrogen-bond acceptors (Lipinski definition) is 5. The maximum Gasteiger partial charge on any atom is 0.223 e. The van der Waals surface area contributed by atoms with Crippen LogP contribution in [0.1, 0.15) is 43.2 Å². The highest BCUT2D eigenvalue weighted by atomic mass is 32.1. The van der Waals surface area contributed by atoms with E-state index in [0.717, 1.165) is 63.4 Å². The van der Waals surface area contributed by atoms with E-state index >= 15 is 0 Å². The molecule has 1 N–H and O–H groups in total. The second kappa shape index (κ2) is 6.94. The van der Waals surface area contributed by atoms with Gasteiger partial charge in [-0.3, -0.25) is 9.59 Å². The minimum atomic E-state index is 0.112. The average Bonchev–Trinajstić information content (AvgIpc) is 3.35. The molecular formula is C18H26N4O2S. The molecule has 7 heteroatoms. The number of piperazine rings is 1. The number of hydrogen-bond donors (Lipinski definition) is 1. The third kappa shape index (κ3) is 3.66. The van der Waals surface area contributed by atoms with Gasteiger partial charge in [-0.2, -0.15) is 0 Å². The van der Waals surface area contributed by atoms with Crippen LogP contribution in [0.25, 0.3) is 0 Å². The Morgan fingerprint density at radius 2 is 1.96 bits per heavy atom. The maximum absolute atomic E-state index is 12.3. The van der Waals surface area contributed by atoms with Crippen LogP contribution >= 0.6 is 11.3 Å². The van der Waals surface area contributed by atoms with Gasteiger partial charge in [0.25, 0.3) is 0 Å². The lowest BCUT2D eigenvalue weighted by Crippen LogP contribution is -2.48. The van der Waals surface area contributed by atoms with E-state index in [4.69, 9.17) is 4.98 Å². The van der Waals surface area contributed by atoms with E-state index < -0.39 is 0 Å². The van der Waals surface area contributed by atoms with Crippen molar-refractivity contribution >= 4 is 28.3 Å². The minimum Gasteiger partial charge on any atom is -0.353 e. The zero-order valence-corrected chi connectivity index (χ0v) is 15.6. The van der Waals surface area contributed by atoms with Gasteiger partial charge >= 0.3 is 0 Å². The molecule has 2 amide bonds. The molecule has 1 saturated heterocycles. The van der Waals surface area contributed by atoms with Crippen LogP contribution in [-0.4, -0.2) is 53.9 Å². The second-order valence-corrected chi connectivity index (χ2v) is 8.37. The second-order valence-electron chi connectivity index (χ2n) is 7.31. The zero-order valence-electron chi connectivity index (χ0n) is 14.8. The highest BCUT2D eigenvalue weighted by molar-refractivity contribution is 7.15. The number of aryl methyl sites for hydroxylation is 1. The predicted octanol–water partition coefficient (Wildman–Crippen LogP) is 1.59. The number of rotatable bonds is 4. The van der Waals surface area contributed by atoms with E-state index in [9.17, 15) is 9.59 Å². The fourth-order valence-corrected chi connectivity index (χ4v) is 4.88. The molecule has 1 atom stereocenters. The van der Waals surface area contributed by atoms with Gasteiger partial charge in [-0.15, -0.1) is 11.3 Å². The van der Waals surface area contributed by atoms with Crippen molar-refractivity contribution in [2.75, 3.05) is 31.1 Å². The van der Waals surface area contributed by atoms with Gasteiger partial charge in [-0.1, -0.05) is 6.92 Å². The smallest absolute Gasteiger partial charge is 0.223 e. The molecule has 2 fully saturated rings. The zero-order chi connectivity index (χ0) is 17.4. The van der Waals surface area contributed by atoms with Crippen LogP contribution in [0.3, 0.4) is 0 Å². The molecule has 25 heavy (non-hydrogen) atoms. The van der Waals surface area contributed by atoms with Gasteiger partial charge in [0.15, 0.2) is 5.13 Å². The van der Waals surface area contributed by atoms with Crippen LogP contribution in [0, 0.1) is 5.92 Å². The van der Waals surface area contributed by atoms with E-state index in [-0.39, 0.29) is 17.7 Å². The summed E-state index contributed by atoms with van der Waals surface area (Å²) in [6.07, 6.45) is 5.51. The fourth-order valence-electron chi connectivity index (χ4n) is 3.64. The molecule has 6 nitrogen and oxygen atoms in total. The van der Waals surface area contributed by atoms with Crippen molar-refractivity contribution in [3.63, 3.8) is 0 Å².